The predicted octanol–water partition coefficient (Wildman–Crippen LogP) is 2.59. The van der Waals surface area contributed by atoms with Crippen molar-refractivity contribution in [3.8, 4) is 0 Å². The molecular formula is C22H24N4O2. The van der Waals surface area contributed by atoms with Crippen molar-refractivity contribution in [1.82, 2.24) is 15.5 Å². The van der Waals surface area contributed by atoms with E-state index in [4.69, 9.17) is 4.42 Å². The van der Waals surface area contributed by atoms with E-state index in [1.165, 1.54) is 5.57 Å². The van der Waals surface area contributed by atoms with E-state index in [1.807, 2.05) is 31.4 Å². The topological polar surface area (TPSA) is 60.8 Å². The van der Waals surface area contributed by atoms with Gasteiger partial charge in [-0.1, -0.05) is 6.08 Å². The number of likely N-dealkylation sites (N-methyl/N-ethyl adjacent to an activating group) is 1. The van der Waals surface area contributed by atoms with Gasteiger partial charge in [0.2, 0.25) is 0 Å². The molecule has 6 nitrogen and oxygen atoms in total. The average Bonchev–Trinajstić information content (AvgIpc) is 3.33. The molecule has 6 heteroatoms. The Kier molecular flexibility index (Phi) is 4.02. The largest absolute Gasteiger partial charge is 0.422 e. The number of fused-ring (bicyclic) bond motifs is 2. The quantitative estimate of drug-likeness (QED) is 0.803. The Balaban J connectivity index is 1.47. The lowest BCUT2D eigenvalue weighted by atomic mass is 10.1. The van der Waals surface area contributed by atoms with E-state index in [-0.39, 0.29) is 11.8 Å². The van der Waals surface area contributed by atoms with Crippen molar-refractivity contribution in [2.24, 2.45) is 0 Å². The van der Waals surface area contributed by atoms with Crippen LogP contribution in [-0.2, 0) is 0 Å². The second kappa shape index (κ2) is 6.56. The first-order chi connectivity index (χ1) is 13.6. The first-order valence-corrected chi connectivity index (χ1v) is 9.73. The van der Waals surface area contributed by atoms with Crippen LogP contribution in [0.25, 0.3) is 16.7 Å². The lowest BCUT2D eigenvalue weighted by Crippen LogP contribution is -2.32. The van der Waals surface area contributed by atoms with Crippen LogP contribution in [0.3, 0.4) is 0 Å². The highest BCUT2D eigenvalue weighted by Crippen LogP contribution is 2.28. The van der Waals surface area contributed by atoms with Crippen LogP contribution in [-0.4, -0.2) is 37.2 Å². The molecule has 1 aromatic heterocycles. The van der Waals surface area contributed by atoms with Gasteiger partial charge < -0.3 is 24.9 Å². The molecule has 0 amide bonds. The molecular weight excluding hydrogens is 352 g/mol. The summed E-state index contributed by atoms with van der Waals surface area (Å²) in [5.41, 5.74) is 3.94. The summed E-state index contributed by atoms with van der Waals surface area (Å²) in [5, 5.41) is 7.64. The number of rotatable bonds is 3. The summed E-state index contributed by atoms with van der Waals surface area (Å²) in [6.45, 7) is 4.03. The molecule has 2 aromatic rings. The zero-order valence-corrected chi connectivity index (χ0v) is 16.1. The molecule has 1 aromatic carbocycles. The molecule has 1 fully saturated rings. The van der Waals surface area contributed by atoms with E-state index in [0.29, 0.717) is 17.2 Å². The Morgan fingerprint density at radius 1 is 1.25 bits per heavy atom. The van der Waals surface area contributed by atoms with Crippen molar-refractivity contribution in [1.29, 1.82) is 0 Å². The second-order valence-electron chi connectivity index (χ2n) is 7.70. The molecule has 2 atom stereocenters. The highest BCUT2D eigenvalue weighted by molar-refractivity contribution is 5.84. The van der Waals surface area contributed by atoms with Crippen molar-refractivity contribution in [3.63, 3.8) is 0 Å². The van der Waals surface area contributed by atoms with Crippen LogP contribution in [0.15, 0.2) is 63.6 Å². The van der Waals surface area contributed by atoms with Crippen molar-refractivity contribution >= 4 is 22.4 Å². The minimum absolute atomic E-state index is 0.0476. The van der Waals surface area contributed by atoms with E-state index in [2.05, 4.69) is 51.8 Å². The van der Waals surface area contributed by atoms with Crippen LogP contribution in [0.1, 0.15) is 18.9 Å². The third-order valence-corrected chi connectivity index (χ3v) is 5.77. The van der Waals surface area contributed by atoms with Gasteiger partial charge in [0, 0.05) is 48.7 Å². The molecule has 0 radical (unpaired) electrons. The number of benzene rings is 1. The molecule has 5 rings (SSSR count). The zero-order valence-electron chi connectivity index (χ0n) is 16.1. The smallest absolute Gasteiger partial charge is 0.345 e. The van der Waals surface area contributed by atoms with Crippen LogP contribution >= 0.6 is 0 Å². The lowest BCUT2D eigenvalue weighted by Gasteiger charge is -2.22. The van der Waals surface area contributed by atoms with E-state index < -0.39 is 0 Å². The van der Waals surface area contributed by atoms with Crippen LogP contribution < -0.4 is 21.2 Å². The van der Waals surface area contributed by atoms with Crippen molar-refractivity contribution < 1.29 is 4.42 Å². The molecule has 144 valence electrons. The molecule has 0 bridgehead atoms. The zero-order chi connectivity index (χ0) is 19.3. The van der Waals surface area contributed by atoms with E-state index in [0.717, 1.165) is 36.3 Å². The minimum atomic E-state index is -0.317. The van der Waals surface area contributed by atoms with Gasteiger partial charge in [0.15, 0.2) is 0 Å². The number of anilines is 1. The number of nitrogens with one attached hydrogen (secondary N) is 2. The fraction of sp³-hybridized carbons (Fsp3) is 0.318. The molecule has 0 spiro atoms. The molecule has 3 aliphatic heterocycles. The van der Waals surface area contributed by atoms with Gasteiger partial charge in [-0.15, -0.1) is 0 Å². The van der Waals surface area contributed by atoms with Gasteiger partial charge in [0.05, 0.1) is 11.3 Å². The summed E-state index contributed by atoms with van der Waals surface area (Å²) in [6, 6.07) is 8.56. The SMILES string of the molecule is CN[C@H]1CCN(c2ccc3cc(C4=CN5C=C(C)C=CC5N4)c(=O)oc3c2)C1. The Morgan fingerprint density at radius 2 is 2.14 bits per heavy atom. The summed E-state index contributed by atoms with van der Waals surface area (Å²) >= 11 is 0. The normalized spacial score (nSPS) is 23.6. The molecule has 0 aliphatic carbocycles. The third kappa shape index (κ3) is 2.90. The Bertz CT molecular complexity index is 1080. The molecule has 1 saturated heterocycles. The summed E-state index contributed by atoms with van der Waals surface area (Å²) < 4.78 is 5.70. The van der Waals surface area contributed by atoms with E-state index in [1.54, 1.807) is 0 Å². The van der Waals surface area contributed by atoms with Crippen molar-refractivity contribution in [2.45, 2.75) is 25.6 Å². The highest BCUT2D eigenvalue weighted by Gasteiger charge is 2.25. The number of hydrogen-bond acceptors (Lipinski definition) is 6. The first-order valence-electron chi connectivity index (χ1n) is 9.73. The summed E-state index contributed by atoms with van der Waals surface area (Å²) in [4.78, 5) is 17.1. The average molecular weight is 376 g/mol. The van der Waals surface area contributed by atoms with Crippen molar-refractivity contribution in [3.05, 3.63) is 70.4 Å². The number of nitrogens with zero attached hydrogens (tertiary/aromatic N) is 2. The number of allylic oxidation sites excluding steroid dienone is 2. The standard InChI is InChI=1S/C22H24N4O2/c1-14-3-6-21-24-19(13-26(21)11-14)18-9-15-4-5-17(10-20(15)28-22(18)27)25-8-7-16(12-25)23-2/h3-6,9-11,13,16,21,23-24H,7-8,12H2,1-2H3/t16-,21?/m0/s1. The molecule has 1 unspecified atom stereocenters. The first kappa shape index (κ1) is 17.1. The molecule has 4 heterocycles. The maximum absolute atomic E-state index is 12.7. The van der Waals surface area contributed by atoms with Crippen LogP contribution in [0, 0.1) is 0 Å². The number of hydrogen-bond donors (Lipinski definition) is 2. The summed E-state index contributed by atoms with van der Waals surface area (Å²) in [5.74, 6) is 0. The van der Waals surface area contributed by atoms with Gasteiger partial charge in [-0.25, -0.2) is 4.79 Å². The lowest BCUT2D eigenvalue weighted by molar-refractivity contribution is 0.424. The fourth-order valence-electron chi connectivity index (χ4n) is 4.15. The van der Waals surface area contributed by atoms with Gasteiger partial charge in [-0.2, -0.15) is 0 Å². The maximum Gasteiger partial charge on any atom is 0.345 e. The minimum Gasteiger partial charge on any atom is -0.422 e. The van der Waals surface area contributed by atoms with Gasteiger partial charge in [-0.3, -0.25) is 0 Å². The molecule has 0 saturated carbocycles. The Morgan fingerprint density at radius 3 is 2.96 bits per heavy atom. The van der Waals surface area contributed by atoms with Gasteiger partial charge in [0.1, 0.15) is 11.7 Å². The Labute approximate surface area is 163 Å². The van der Waals surface area contributed by atoms with Gasteiger partial charge in [-0.05, 0) is 50.2 Å². The van der Waals surface area contributed by atoms with Gasteiger partial charge in [0.25, 0.3) is 0 Å². The van der Waals surface area contributed by atoms with Crippen LogP contribution in [0.5, 0.6) is 0 Å². The predicted molar refractivity (Wildman–Crippen MR) is 112 cm³/mol. The molecule has 3 aliphatic rings. The highest BCUT2D eigenvalue weighted by atomic mass is 16.4. The van der Waals surface area contributed by atoms with E-state index >= 15 is 0 Å². The van der Waals surface area contributed by atoms with Crippen LogP contribution in [0.2, 0.25) is 0 Å². The molecule has 28 heavy (non-hydrogen) atoms. The third-order valence-electron chi connectivity index (χ3n) is 5.77. The second-order valence-corrected chi connectivity index (χ2v) is 7.70. The summed E-state index contributed by atoms with van der Waals surface area (Å²) in [6.07, 6.45) is 9.36. The Hall–Kier alpha value is -2.99. The van der Waals surface area contributed by atoms with Crippen LogP contribution in [0.4, 0.5) is 5.69 Å². The fourth-order valence-corrected chi connectivity index (χ4v) is 4.15. The van der Waals surface area contributed by atoms with Gasteiger partial charge >= 0.3 is 5.63 Å². The molecule has 2 N–H and O–H groups in total. The maximum atomic E-state index is 12.7. The monoisotopic (exact) mass is 376 g/mol. The van der Waals surface area contributed by atoms with E-state index in [9.17, 15) is 4.79 Å². The summed E-state index contributed by atoms with van der Waals surface area (Å²) in [7, 11) is 2.00. The van der Waals surface area contributed by atoms with Crippen molar-refractivity contribution in [2.75, 3.05) is 25.0 Å².